The fourth-order valence-electron chi connectivity index (χ4n) is 3.90. The van der Waals surface area contributed by atoms with Crippen molar-refractivity contribution in [2.24, 2.45) is 0 Å². The fraction of sp³-hybridized carbons (Fsp3) is 0.0968. The molecule has 0 saturated carbocycles. The summed E-state index contributed by atoms with van der Waals surface area (Å²) in [5.41, 5.74) is 3.80. The minimum absolute atomic E-state index is 0.191. The van der Waals surface area contributed by atoms with Gasteiger partial charge in [-0.3, -0.25) is 4.79 Å². The second kappa shape index (κ2) is 11.1. The SMILES string of the molecule is CCOc1cc(/C=C(/C(=O)c2ccccc2)c2nc3ccccc3o2)ccc1OCc1ccccc1Cl. The Bertz CT molecular complexity index is 1540. The highest BCUT2D eigenvalue weighted by molar-refractivity contribution is 6.32. The largest absolute Gasteiger partial charge is 0.490 e. The maximum atomic E-state index is 13.6. The van der Waals surface area contributed by atoms with Crippen molar-refractivity contribution in [2.45, 2.75) is 13.5 Å². The number of rotatable bonds is 9. The molecule has 0 N–H and O–H groups in total. The van der Waals surface area contributed by atoms with Gasteiger partial charge in [0.05, 0.1) is 12.2 Å². The van der Waals surface area contributed by atoms with Gasteiger partial charge >= 0.3 is 0 Å². The molecule has 0 aliphatic heterocycles. The number of hydrogen-bond donors (Lipinski definition) is 0. The van der Waals surface area contributed by atoms with Gasteiger partial charge in [-0.25, -0.2) is 4.98 Å². The molecule has 4 aromatic carbocycles. The van der Waals surface area contributed by atoms with Crippen LogP contribution in [0.5, 0.6) is 11.5 Å². The molecule has 0 radical (unpaired) electrons. The molecule has 0 bridgehead atoms. The van der Waals surface area contributed by atoms with Crippen LogP contribution in [0.4, 0.5) is 0 Å². The zero-order valence-corrected chi connectivity index (χ0v) is 20.9. The lowest BCUT2D eigenvalue weighted by atomic mass is 10.0. The minimum Gasteiger partial charge on any atom is -0.490 e. The van der Waals surface area contributed by atoms with E-state index in [9.17, 15) is 4.79 Å². The summed E-state index contributed by atoms with van der Waals surface area (Å²) in [6.45, 7) is 2.66. The van der Waals surface area contributed by atoms with Gasteiger partial charge in [0.25, 0.3) is 0 Å². The summed E-state index contributed by atoms with van der Waals surface area (Å²) in [5.74, 6) is 1.21. The van der Waals surface area contributed by atoms with Gasteiger partial charge < -0.3 is 13.9 Å². The van der Waals surface area contributed by atoms with Gasteiger partial charge in [0.2, 0.25) is 5.89 Å². The summed E-state index contributed by atoms with van der Waals surface area (Å²) >= 11 is 6.28. The van der Waals surface area contributed by atoms with E-state index in [1.54, 1.807) is 18.2 Å². The van der Waals surface area contributed by atoms with E-state index in [-0.39, 0.29) is 11.7 Å². The first-order valence-electron chi connectivity index (χ1n) is 11.9. The Morgan fingerprint density at radius 1 is 0.892 bits per heavy atom. The number of allylic oxidation sites excluding steroid dienone is 1. The predicted octanol–water partition coefficient (Wildman–Crippen LogP) is 7.88. The number of nitrogens with zero attached hydrogens (tertiary/aromatic N) is 1. The Balaban J connectivity index is 1.52. The number of halogens is 1. The standard InChI is InChI=1S/C31H24ClNO4/c1-2-35-29-19-21(16-17-28(29)36-20-23-12-6-7-13-25(23)32)18-24(30(34)22-10-4-3-5-11-22)31-33-26-14-8-9-15-27(26)37-31/h3-19H,2,20H2,1H3/b24-18-. The summed E-state index contributed by atoms with van der Waals surface area (Å²) in [6, 6.07) is 29.6. The highest BCUT2D eigenvalue weighted by atomic mass is 35.5. The van der Waals surface area contributed by atoms with E-state index in [0.717, 1.165) is 11.1 Å². The van der Waals surface area contributed by atoms with E-state index in [2.05, 4.69) is 4.98 Å². The van der Waals surface area contributed by atoms with E-state index < -0.39 is 0 Å². The maximum absolute atomic E-state index is 13.6. The molecule has 5 nitrogen and oxygen atoms in total. The molecule has 184 valence electrons. The Hall–Kier alpha value is -4.35. The van der Waals surface area contributed by atoms with Crippen molar-refractivity contribution in [3.63, 3.8) is 0 Å². The molecular weight excluding hydrogens is 486 g/mol. The Morgan fingerprint density at radius 2 is 1.65 bits per heavy atom. The number of aromatic nitrogens is 1. The summed E-state index contributed by atoms with van der Waals surface area (Å²) < 4.78 is 17.9. The zero-order valence-electron chi connectivity index (χ0n) is 20.2. The molecule has 6 heteroatoms. The first kappa shape index (κ1) is 24.3. The summed E-state index contributed by atoms with van der Waals surface area (Å²) in [6.07, 6.45) is 1.76. The number of carbonyl (C=O) groups is 1. The molecule has 0 atom stereocenters. The van der Waals surface area contributed by atoms with E-state index in [1.165, 1.54) is 0 Å². The summed E-state index contributed by atoms with van der Waals surface area (Å²) in [7, 11) is 0. The smallest absolute Gasteiger partial charge is 0.231 e. The molecule has 0 saturated heterocycles. The third-order valence-electron chi connectivity index (χ3n) is 5.72. The highest BCUT2D eigenvalue weighted by Gasteiger charge is 2.20. The topological polar surface area (TPSA) is 61.6 Å². The Labute approximate surface area is 219 Å². The van der Waals surface area contributed by atoms with Crippen LogP contribution in [0.15, 0.2) is 101 Å². The van der Waals surface area contributed by atoms with Crippen LogP contribution in [-0.2, 0) is 6.61 Å². The molecule has 5 rings (SSSR count). The van der Waals surface area contributed by atoms with E-state index in [4.69, 9.17) is 25.5 Å². The van der Waals surface area contributed by atoms with Gasteiger partial charge in [0.15, 0.2) is 22.9 Å². The van der Waals surface area contributed by atoms with Gasteiger partial charge in [0.1, 0.15) is 12.1 Å². The highest BCUT2D eigenvalue weighted by Crippen LogP contribution is 2.33. The van der Waals surface area contributed by atoms with Crippen LogP contribution in [0, 0.1) is 0 Å². The molecule has 1 heterocycles. The van der Waals surface area contributed by atoms with Crippen LogP contribution in [-0.4, -0.2) is 17.4 Å². The van der Waals surface area contributed by atoms with Crippen molar-refractivity contribution in [3.8, 4) is 11.5 Å². The van der Waals surface area contributed by atoms with Gasteiger partial charge in [0, 0.05) is 16.1 Å². The van der Waals surface area contributed by atoms with Crippen LogP contribution >= 0.6 is 11.6 Å². The average molecular weight is 510 g/mol. The first-order valence-corrected chi connectivity index (χ1v) is 12.3. The number of oxazole rings is 1. The number of para-hydroxylation sites is 2. The van der Waals surface area contributed by atoms with E-state index >= 15 is 0 Å². The Kier molecular flexibility index (Phi) is 7.33. The lowest BCUT2D eigenvalue weighted by Gasteiger charge is -2.13. The molecule has 5 aromatic rings. The third-order valence-corrected chi connectivity index (χ3v) is 6.09. The second-order valence-corrected chi connectivity index (χ2v) is 8.67. The van der Waals surface area contributed by atoms with Gasteiger partial charge in [-0.05, 0) is 48.9 Å². The van der Waals surface area contributed by atoms with Crippen molar-refractivity contribution < 1.29 is 18.7 Å². The van der Waals surface area contributed by atoms with Gasteiger partial charge in [-0.2, -0.15) is 0 Å². The number of fused-ring (bicyclic) bond motifs is 1. The molecule has 0 spiro atoms. The van der Waals surface area contributed by atoms with Crippen LogP contribution in [0.3, 0.4) is 0 Å². The van der Waals surface area contributed by atoms with Crippen molar-refractivity contribution in [1.29, 1.82) is 0 Å². The fourth-order valence-corrected chi connectivity index (χ4v) is 4.09. The van der Waals surface area contributed by atoms with Crippen molar-refractivity contribution in [2.75, 3.05) is 6.61 Å². The van der Waals surface area contributed by atoms with Crippen LogP contribution < -0.4 is 9.47 Å². The average Bonchev–Trinajstić information content (AvgIpc) is 3.36. The number of ether oxygens (including phenoxy) is 2. The first-order chi connectivity index (χ1) is 18.1. The van der Waals surface area contributed by atoms with E-state index in [0.29, 0.717) is 52.0 Å². The monoisotopic (exact) mass is 509 g/mol. The molecule has 37 heavy (non-hydrogen) atoms. The van der Waals surface area contributed by atoms with E-state index in [1.807, 2.05) is 91.9 Å². The molecule has 0 unspecified atom stereocenters. The molecule has 0 amide bonds. The lowest BCUT2D eigenvalue weighted by Crippen LogP contribution is -2.03. The molecule has 0 aliphatic carbocycles. The number of carbonyl (C=O) groups excluding carboxylic acids is 1. The molecule has 0 fully saturated rings. The lowest BCUT2D eigenvalue weighted by molar-refractivity contribution is 0.105. The van der Waals surface area contributed by atoms with Crippen LogP contribution in [0.2, 0.25) is 5.02 Å². The molecule has 1 aromatic heterocycles. The number of hydrogen-bond acceptors (Lipinski definition) is 5. The normalized spacial score (nSPS) is 11.5. The van der Waals surface area contributed by atoms with Crippen molar-refractivity contribution in [1.82, 2.24) is 4.98 Å². The molecule has 0 aliphatic rings. The van der Waals surface area contributed by atoms with Crippen molar-refractivity contribution >= 4 is 40.1 Å². The van der Waals surface area contributed by atoms with Crippen LogP contribution in [0.25, 0.3) is 22.7 Å². The van der Waals surface area contributed by atoms with Gasteiger partial charge in [-0.1, -0.05) is 78.3 Å². The molecular formula is C31H24ClNO4. The van der Waals surface area contributed by atoms with Gasteiger partial charge in [-0.15, -0.1) is 0 Å². The maximum Gasteiger partial charge on any atom is 0.231 e. The second-order valence-electron chi connectivity index (χ2n) is 8.26. The quantitative estimate of drug-likeness (QED) is 0.149. The number of benzene rings is 4. The zero-order chi connectivity index (χ0) is 25.6. The third kappa shape index (κ3) is 5.57. The summed E-state index contributed by atoms with van der Waals surface area (Å²) in [5, 5.41) is 0.641. The van der Waals surface area contributed by atoms with Crippen molar-refractivity contribution in [3.05, 3.63) is 125 Å². The van der Waals surface area contributed by atoms with Crippen LogP contribution in [0.1, 0.15) is 34.3 Å². The number of ketones is 1. The Morgan fingerprint density at radius 3 is 2.43 bits per heavy atom. The number of Topliss-reactive ketones (excluding diaryl/α,β-unsaturated/α-hetero) is 1. The summed E-state index contributed by atoms with van der Waals surface area (Å²) in [4.78, 5) is 18.1. The minimum atomic E-state index is -0.191. The predicted molar refractivity (Wildman–Crippen MR) is 146 cm³/mol.